The quantitative estimate of drug-likeness (QED) is 0.149. The van der Waals surface area contributed by atoms with Gasteiger partial charge in [-0.3, -0.25) is 14.4 Å². The number of likely N-dealkylation sites (tertiary alicyclic amines) is 1. The summed E-state index contributed by atoms with van der Waals surface area (Å²) >= 11 is 0. The van der Waals surface area contributed by atoms with Gasteiger partial charge in [0.2, 0.25) is 11.8 Å². The summed E-state index contributed by atoms with van der Waals surface area (Å²) in [6.45, 7) is 3.78. The van der Waals surface area contributed by atoms with Crippen LogP contribution < -0.4 is 10.6 Å². The lowest BCUT2D eigenvalue weighted by atomic mass is 9.93. The molecule has 1 aliphatic heterocycles. The molecule has 0 bridgehead atoms. The number of fused-ring (bicyclic) bond motifs is 3. The molecular weight excluding hydrogens is 614 g/mol. The fraction of sp³-hybridized carbons (Fsp3) is 0.378. The molecule has 0 aromatic heterocycles. The van der Waals surface area contributed by atoms with Crippen LogP contribution in [0.2, 0.25) is 0 Å². The molecular formula is C37H41N3O8. The number of methoxy groups -OCH3 is 1. The van der Waals surface area contributed by atoms with Gasteiger partial charge in [-0.15, -0.1) is 0 Å². The lowest BCUT2D eigenvalue weighted by Crippen LogP contribution is -2.65. The number of benzene rings is 3. The average Bonchev–Trinajstić information content (AvgIpc) is 3.40. The highest BCUT2D eigenvalue weighted by molar-refractivity contribution is 5.98. The van der Waals surface area contributed by atoms with Gasteiger partial charge < -0.3 is 29.7 Å². The minimum absolute atomic E-state index is 0.0233. The van der Waals surface area contributed by atoms with E-state index in [4.69, 9.17) is 14.2 Å². The molecule has 2 aliphatic rings. The largest absolute Gasteiger partial charge is 0.467 e. The molecule has 48 heavy (non-hydrogen) atoms. The van der Waals surface area contributed by atoms with E-state index >= 15 is 0 Å². The third-order valence-corrected chi connectivity index (χ3v) is 8.64. The zero-order valence-corrected chi connectivity index (χ0v) is 27.3. The lowest BCUT2D eigenvalue weighted by Gasteiger charge is -2.43. The first-order valence-electron chi connectivity index (χ1n) is 16.1. The number of amides is 3. The Morgan fingerprint density at radius 2 is 1.50 bits per heavy atom. The van der Waals surface area contributed by atoms with E-state index in [1.807, 2.05) is 92.7 Å². The van der Waals surface area contributed by atoms with Crippen molar-refractivity contribution in [1.29, 1.82) is 0 Å². The monoisotopic (exact) mass is 655 g/mol. The predicted octanol–water partition coefficient (Wildman–Crippen LogP) is 4.33. The van der Waals surface area contributed by atoms with Crippen molar-refractivity contribution in [3.8, 4) is 11.1 Å². The van der Waals surface area contributed by atoms with E-state index in [1.165, 1.54) is 12.0 Å². The van der Waals surface area contributed by atoms with E-state index in [1.54, 1.807) is 0 Å². The van der Waals surface area contributed by atoms with Gasteiger partial charge in [-0.2, -0.15) is 0 Å². The first-order chi connectivity index (χ1) is 23.2. The zero-order chi connectivity index (χ0) is 34.2. The van der Waals surface area contributed by atoms with Crippen molar-refractivity contribution < 1.29 is 38.2 Å². The van der Waals surface area contributed by atoms with Crippen LogP contribution in [0.3, 0.4) is 0 Å². The first-order valence-corrected chi connectivity index (χ1v) is 16.1. The molecule has 1 saturated heterocycles. The van der Waals surface area contributed by atoms with Crippen molar-refractivity contribution in [1.82, 2.24) is 15.5 Å². The number of ether oxygens (including phenoxy) is 3. The maximum atomic E-state index is 13.5. The number of carbonyl (C=O) groups excluding carboxylic acids is 5. The van der Waals surface area contributed by atoms with Crippen molar-refractivity contribution in [2.75, 3.05) is 20.3 Å². The van der Waals surface area contributed by atoms with E-state index in [9.17, 15) is 24.0 Å². The minimum atomic E-state index is -0.935. The van der Waals surface area contributed by atoms with Gasteiger partial charge >= 0.3 is 18.0 Å². The molecule has 11 heteroatoms. The molecule has 3 amide bonds. The second-order valence-electron chi connectivity index (χ2n) is 12.5. The van der Waals surface area contributed by atoms with Crippen LogP contribution in [0.15, 0.2) is 78.9 Å². The van der Waals surface area contributed by atoms with Crippen molar-refractivity contribution in [3.63, 3.8) is 0 Å². The van der Waals surface area contributed by atoms with Gasteiger partial charge in [0.1, 0.15) is 25.3 Å². The summed E-state index contributed by atoms with van der Waals surface area (Å²) in [6, 6.07) is 22.5. The molecule has 11 nitrogen and oxygen atoms in total. The number of β-lactam (4-membered cyclic amide) rings is 1. The molecule has 0 spiro atoms. The summed E-state index contributed by atoms with van der Waals surface area (Å²) in [7, 11) is 1.23. The number of carbonyl (C=O) groups is 5. The molecule has 252 valence electrons. The molecule has 1 heterocycles. The van der Waals surface area contributed by atoms with Gasteiger partial charge in [0.15, 0.2) is 0 Å². The van der Waals surface area contributed by atoms with Crippen LogP contribution in [0.1, 0.15) is 55.7 Å². The Morgan fingerprint density at radius 3 is 2.10 bits per heavy atom. The summed E-state index contributed by atoms with van der Waals surface area (Å²) in [6.07, 6.45) is -0.739. The van der Waals surface area contributed by atoms with Crippen molar-refractivity contribution in [2.45, 2.75) is 63.8 Å². The molecule has 1 aliphatic carbocycles. The lowest BCUT2D eigenvalue weighted by molar-refractivity contribution is -0.169. The Hall–Kier alpha value is -5.19. The van der Waals surface area contributed by atoms with Gasteiger partial charge in [-0.25, -0.2) is 9.59 Å². The molecule has 0 radical (unpaired) electrons. The second kappa shape index (κ2) is 15.6. The molecule has 3 aromatic carbocycles. The van der Waals surface area contributed by atoms with Crippen LogP contribution in [-0.4, -0.2) is 73.1 Å². The second-order valence-corrected chi connectivity index (χ2v) is 12.5. The number of rotatable bonds is 14. The number of nitrogens with one attached hydrogen (secondary N) is 2. The summed E-state index contributed by atoms with van der Waals surface area (Å²) in [5.41, 5.74) is 5.10. The highest BCUT2D eigenvalue weighted by Gasteiger charge is 2.48. The maximum Gasteiger partial charge on any atom is 0.407 e. The number of esters is 2. The van der Waals surface area contributed by atoms with Crippen LogP contribution in [0, 0.1) is 5.92 Å². The van der Waals surface area contributed by atoms with Crippen molar-refractivity contribution >= 4 is 29.8 Å². The number of nitrogens with zero attached hydrogens (tertiary/aromatic N) is 1. The van der Waals surface area contributed by atoms with Crippen LogP contribution in [0.5, 0.6) is 0 Å². The Kier molecular flexibility index (Phi) is 11.1. The third kappa shape index (κ3) is 8.02. The van der Waals surface area contributed by atoms with Crippen LogP contribution in [0.4, 0.5) is 4.79 Å². The zero-order valence-electron chi connectivity index (χ0n) is 27.3. The van der Waals surface area contributed by atoms with Gasteiger partial charge in [-0.05, 0) is 40.2 Å². The number of hydrogen-bond donors (Lipinski definition) is 2. The number of alkyl carbamates (subject to hydrolysis) is 1. The van der Waals surface area contributed by atoms with E-state index in [0.717, 1.165) is 27.8 Å². The summed E-state index contributed by atoms with van der Waals surface area (Å²) in [5, 5.41) is 5.50. The normalized spacial score (nSPS) is 16.2. The Bertz CT molecular complexity index is 1600. The molecule has 5 rings (SSSR count). The summed E-state index contributed by atoms with van der Waals surface area (Å²) in [5.74, 6) is -2.15. The fourth-order valence-corrected chi connectivity index (χ4v) is 6.27. The van der Waals surface area contributed by atoms with Crippen molar-refractivity contribution in [3.05, 3.63) is 95.6 Å². The highest BCUT2D eigenvalue weighted by Crippen LogP contribution is 2.44. The molecule has 1 fully saturated rings. The first kappa shape index (κ1) is 34.2. The Morgan fingerprint density at radius 1 is 0.875 bits per heavy atom. The maximum absolute atomic E-state index is 13.5. The fourth-order valence-electron chi connectivity index (χ4n) is 6.27. The van der Waals surface area contributed by atoms with Crippen molar-refractivity contribution in [2.24, 2.45) is 5.92 Å². The molecule has 1 unspecified atom stereocenters. The van der Waals surface area contributed by atoms with Gasteiger partial charge in [-0.1, -0.05) is 92.7 Å². The van der Waals surface area contributed by atoms with E-state index in [-0.39, 0.29) is 50.3 Å². The third-order valence-electron chi connectivity index (χ3n) is 8.64. The number of hydrogen-bond acceptors (Lipinski definition) is 8. The van der Waals surface area contributed by atoms with E-state index in [0.29, 0.717) is 6.42 Å². The molecule has 3 atom stereocenters. The predicted molar refractivity (Wildman–Crippen MR) is 176 cm³/mol. The summed E-state index contributed by atoms with van der Waals surface area (Å²) in [4.78, 5) is 65.7. The summed E-state index contributed by atoms with van der Waals surface area (Å²) < 4.78 is 16.0. The van der Waals surface area contributed by atoms with Gasteiger partial charge in [0.25, 0.3) is 0 Å². The van der Waals surface area contributed by atoms with E-state index in [2.05, 4.69) is 10.6 Å². The molecule has 2 N–H and O–H groups in total. The highest BCUT2D eigenvalue weighted by atomic mass is 16.6. The minimum Gasteiger partial charge on any atom is -0.467 e. The standard InChI is InChI=1S/C37H41N3O8/c1-23(2)17-31(40-32(19-33(40)41)36(44)46-3)35(43)38-20-25(18-34(42)47-21-24-11-5-4-6-12-24)39-37(45)48-22-30-28-15-9-7-13-26(28)27-14-8-10-16-29(27)30/h4-16,23,25,30-32H,17-22H2,1-3H3,(H,38,43)(H,39,45)/t25-,31?,32+/m0/s1. The van der Waals surface area contributed by atoms with Crippen LogP contribution in [-0.2, 0) is 40.0 Å². The average molecular weight is 656 g/mol. The molecule has 0 saturated carbocycles. The van der Waals surface area contributed by atoms with Gasteiger partial charge in [0.05, 0.1) is 26.0 Å². The Balaban J connectivity index is 1.25. The SMILES string of the molecule is COC(=O)[C@H]1CC(=O)N1C(CC(C)C)C(=O)NC[C@H](CC(=O)OCc1ccccc1)NC(=O)OCC1c2ccccc2-c2ccccc21. The van der Waals surface area contributed by atoms with Crippen LogP contribution >= 0.6 is 0 Å². The van der Waals surface area contributed by atoms with E-state index < -0.39 is 42.1 Å². The molecule has 3 aromatic rings. The topological polar surface area (TPSA) is 140 Å². The van der Waals surface area contributed by atoms with Gasteiger partial charge in [0, 0.05) is 12.5 Å². The Labute approximate surface area is 279 Å². The van der Waals surface area contributed by atoms with Crippen LogP contribution in [0.25, 0.3) is 11.1 Å². The smallest absolute Gasteiger partial charge is 0.407 e.